The summed E-state index contributed by atoms with van der Waals surface area (Å²) in [7, 11) is 3.05. The zero-order valence-electron chi connectivity index (χ0n) is 16.8. The van der Waals surface area contributed by atoms with Crippen molar-refractivity contribution < 1.29 is 24.2 Å². The number of ether oxygens (including phenoxy) is 2. The molecule has 12 heteroatoms. The molecular weight excluding hydrogens is 394 g/mol. The Balaban J connectivity index is 1.88. The van der Waals surface area contributed by atoms with Crippen molar-refractivity contribution >= 4 is 17.7 Å². The van der Waals surface area contributed by atoms with Crippen LogP contribution in [0.5, 0.6) is 5.88 Å². The van der Waals surface area contributed by atoms with Gasteiger partial charge in [0, 0.05) is 20.2 Å². The smallest absolute Gasteiger partial charge is 0.322 e. The Labute approximate surface area is 172 Å². The predicted octanol–water partition coefficient (Wildman–Crippen LogP) is -0.266. The fraction of sp³-hybridized carbons (Fsp3) is 0.500. The van der Waals surface area contributed by atoms with Crippen LogP contribution in [0.15, 0.2) is 6.07 Å². The molecule has 0 aromatic carbocycles. The van der Waals surface area contributed by atoms with Gasteiger partial charge in [-0.3, -0.25) is 9.59 Å². The molecular formula is C18H25N7O5. The van der Waals surface area contributed by atoms with Crippen LogP contribution in [0.4, 0.5) is 5.82 Å². The van der Waals surface area contributed by atoms with Gasteiger partial charge in [-0.15, -0.1) is 10.2 Å². The first-order valence-electron chi connectivity index (χ1n) is 9.45. The van der Waals surface area contributed by atoms with Crippen LogP contribution < -0.4 is 15.8 Å². The highest BCUT2D eigenvalue weighted by molar-refractivity contribution is 5.92. The lowest BCUT2D eigenvalue weighted by molar-refractivity contribution is -0.134. The van der Waals surface area contributed by atoms with Gasteiger partial charge >= 0.3 is 5.97 Å². The Morgan fingerprint density at radius 1 is 1.40 bits per heavy atom. The minimum Gasteiger partial charge on any atom is -0.480 e. The van der Waals surface area contributed by atoms with Gasteiger partial charge in [-0.2, -0.15) is 4.98 Å². The molecule has 1 aliphatic rings. The van der Waals surface area contributed by atoms with E-state index in [1.807, 2.05) is 0 Å². The highest BCUT2D eigenvalue weighted by Gasteiger charge is 2.28. The molecule has 2 aromatic heterocycles. The first kappa shape index (κ1) is 21.5. The number of nitrogens with two attached hydrogens (primary N) is 1. The topological polar surface area (TPSA) is 169 Å². The van der Waals surface area contributed by atoms with E-state index in [0.717, 1.165) is 6.42 Å². The third-order valence-electron chi connectivity index (χ3n) is 4.78. The fourth-order valence-corrected chi connectivity index (χ4v) is 3.25. The van der Waals surface area contributed by atoms with Gasteiger partial charge < -0.3 is 35.5 Å². The molecule has 1 saturated heterocycles. The summed E-state index contributed by atoms with van der Waals surface area (Å²) in [5, 5.41) is 19.9. The number of aromatic amines is 1. The number of amides is 1. The molecule has 162 valence electrons. The largest absolute Gasteiger partial charge is 0.480 e. The zero-order chi connectivity index (χ0) is 21.7. The second-order valence-corrected chi connectivity index (χ2v) is 6.76. The maximum atomic E-state index is 12.8. The number of aliphatic carboxylic acids is 1. The zero-order valence-corrected chi connectivity index (χ0v) is 16.8. The van der Waals surface area contributed by atoms with Gasteiger partial charge in [0.05, 0.1) is 13.2 Å². The maximum absolute atomic E-state index is 12.8. The lowest BCUT2D eigenvalue weighted by atomic mass is 10.1. The number of nitrogens with one attached hydrogen (secondary N) is 2. The molecule has 1 aliphatic heterocycles. The van der Waals surface area contributed by atoms with Gasteiger partial charge in [0.1, 0.15) is 12.2 Å². The molecule has 12 nitrogen and oxygen atoms in total. The van der Waals surface area contributed by atoms with Crippen LogP contribution in [0.1, 0.15) is 22.5 Å². The van der Waals surface area contributed by atoms with Crippen molar-refractivity contribution in [2.45, 2.75) is 18.9 Å². The van der Waals surface area contributed by atoms with Gasteiger partial charge in [0.2, 0.25) is 0 Å². The molecule has 1 unspecified atom stereocenters. The minimum atomic E-state index is -1.03. The van der Waals surface area contributed by atoms with Crippen molar-refractivity contribution in [3.63, 3.8) is 0 Å². The molecule has 3 heterocycles. The Morgan fingerprint density at radius 2 is 2.20 bits per heavy atom. The number of nitrogens with zero attached hydrogens (tertiary/aromatic N) is 4. The van der Waals surface area contributed by atoms with Crippen molar-refractivity contribution in [2.75, 3.05) is 45.7 Å². The third kappa shape index (κ3) is 4.66. The molecule has 30 heavy (non-hydrogen) atoms. The summed E-state index contributed by atoms with van der Waals surface area (Å²) >= 11 is 0. The molecule has 0 bridgehead atoms. The fourth-order valence-electron chi connectivity index (χ4n) is 3.25. The second-order valence-electron chi connectivity index (χ2n) is 6.76. The second kappa shape index (κ2) is 9.50. The molecule has 0 spiro atoms. The Kier molecular flexibility index (Phi) is 6.79. The van der Waals surface area contributed by atoms with E-state index < -0.39 is 5.97 Å². The summed E-state index contributed by atoms with van der Waals surface area (Å²) in [6, 6.07) is 1.66. The molecule has 5 N–H and O–H groups in total. The van der Waals surface area contributed by atoms with Crippen LogP contribution >= 0.6 is 0 Å². The Morgan fingerprint density at radius 3 is 2.83 bits per heavy atom. The third-order valence-corrected chi connectivity index (χ3v) is 4.78. The molecule has 1 atom stereocenters. The van der Waals surface area contributed by atoms with Crippen molar-refractivity contribution in [3.8, 4) is 17.4 Å². The minimum absolute atomic E-state index is 0.0250. The van der Waals surface area contributed by atoms with E-state index in [2.05, 4.69) is 25.5 Å². The molecule has 1 amide bonds. The van der Waals surface area contributed by atoms with E-state index in [1.165, 1.54) is 7.11 Å². The quantitative estimate of drug-likeness (QED) is 0.424. The van der Waals surface area contributed by atoms with E-state index in [9.17, 15) is 9.59 Å². The summed E-state index contributed by atoms with van der Waals surface area (Å²) in [4.78, 5) is 32.6. The predicted molar refractivity (Wildman–Crippen MR) is 106 cm³/mol. The number of carboxylic acid groups (broad SMARTS) is 1. The number of H-pyrrole nitrogens is 1. The Bertz CT molecular complexity index is 916. The van der Waals surface area contributed by atoms with E-state index in [1.54, 1.807) is 18.1 Å². The summed E-state index contributed by atoms with van der Waals surface area (Å²) in [5.74, 6) is -0.423. The van der Waals surface area contributed by atoms with Crippen LogP contribution in [-0.2, 0) is 16.0 Å². The SMILES string of the molecule is COc1nc(-c2nnc(C(=O)N3CCC(OC)C3)cc2CCN)[nH]c1NCC(=O)O. The standard InChI is InChI=1S/C18H25N7O5/c1-29-11-4-6-25(9-11)18(28)12-7-10(3-5-19)14(24-23-12)15-21-16(17(22-15)30-2)20-8-13(26)27/h7,11,20H,3-6,8-9,19H2,1-2H3,(H,21,22)(H,26,27). The molecule has 3 rings (SSSR count). The normalized spacial score (nSPS) is 16.0. The maximum Gasteiger partial charge on any atom is 0.322 e. The number of hydrogen-bond acceptors (Lipinski definition) is 9. The first-order chi connectivity index (χ1) is 14.5. The summed E-state index contributed by atoms with van der Waals surface area (Å²) < 4.78 is 10.5. The van der Waals surface area contributed by atoms with Crippen molar-refractivity contribution in [3.05, 3.63) is 17.3 Å². The van der Waals surface area contributed by atoms with Gasteiger partial charge in [0.15, 0.2) is 17.3 Å². The average Bonchev–Trinajstić information content (AvgIpc) is 3.38. The van der Waals surface area contributed by atoms with Crippen LogP contribution in [0.2, 0.25) is 0 Å². The van der Waals surface area contributed by atoms with Crippen LogP contribution in [0.25, 0.3) is 11.5 Å². The van der Waals surface area contributed by atoms with Gasteiger partial charge in [-0.25, -0.2) is 0 Å². The number of carbonyl (C=O) groups excluding carboxylic acids is 1. The molecule has 0 radical (unpaired) electrons. The number of hydrogen-bond donors (Lipinski definition) is 4. The number of carboxylic acids is 1. The molecule has 2 aromatic rings. The van der Waals surface area contributed by atoms with Crippen molar-refractivity contribution in [1.29, 1.82) is 0 Å². The van der Waals surface area contributed by atoms with E-state index in [0.29, 0.717) is 49.0 Å². The summed E-state index contributed by atoms with van der Waals surface area (Å²) in [6.45, 7) is 1.13. The number of imidazole rings is 1. The summed E-state index contributed by atoms with van der Waals surface area (Å²) in [5.41, 5.74) is 7.07. The highest BCUT2D eigenvalue weighted by atomic mass is 16.5. The van der Waals surface area contributed by atoms with Gasteiger partial charge in [-0.05, 0) is 31.0 Å². The molecule has 1 fully saturated rings. The van der Waals surface area contributed by atoms with Crippen molar-refractivity contribution in [1.82, 2.24) is 25.1 Å². The first-order valence-corrected chi connectivity index (χ1v) is 9.45. The average molecular weight is 419 g/mol. The molecule has 0 saturated carbocycles. The van der Waals surface area contributed by atoms with Gasteiger partial charge in [0.25, 0.3) is 11.8 Å². The van der Waals surface area contributed by atoms with E-state index >= 15 is 0 Å². The number of carbonyl (C=O) groups is 2. The highest BCUT2D eigenvalue weighted by Crippen LogP contribution is 2.28. The number of likely N-dealkylation sites (tertiary alicyclic amines) is 1. The Hall–Kier alpha value is -3.25. The monoisotopic (exact) mass is 419 g/mol. The molecule has 0 aliphatic carbocycles. The lowest BCUT2D eigenvalue weighted by Crippen LogP contribution is -2.31. The number of aromatic nitrogens is 4. The number of methoxy groups -OCH3 is 2. The van der Waals surface area contributed by atoms with E-state index in [-0.39, 0.29) is 30.1 Å². The lowest BCUT2D eigenvalue weighted by Gasteiger charge is -2.16. The van der Waals surface area contributed by atoms with Crippen LogP contribution in [0.3, 0.4) is 0 Å². The number of rotatable bonds is 9. The van der Waals surface area contributed by atoms with Crippen molar-refractivity contribution in [2.24, 2.45) is 5.73 Å². The van der Waals surface area contributed by atoms with Crippen LogP contribution in [0, 0.1) is 0 Å². The van der Waals surface area contributed by atoms with Gasteiger partial charge in [-0.1, -0.05) is 0 Å². The number of anilines is 1. The van der Waals surface area contributed by atoms with E-state index in [4.69, 9.17) is 20.3 Å². The van der Waals surface area contributed by atoms with Crippen LogP contribution in [-0.4, -0.2) is 88.6 Å². The summed E-state index contributed by atoms with van der Waals surface area (Å²) in [6.07, 6.45) is 1.26.